The van der Waals surface area contributed by atoms with E-state index in [4.69, 9.17) is 4.42 Å². The number of methoxy groups -OCH3 is 1. The third kappa shape index (κ3) is 1.96. The van der Waals surface area contributed by atoms with Crippen LogP contribution in [0.4, 0.5) is 0 Å². The van der Waals surface area contributed by atoms with E-state index in [1.165, 1.54) is 7.11 Å². The molecule has 0 atom stereocenters. The van der Waals surface area contributed by atoms with Crippen LogP contribution in [0.25, 0.3) is 0 Å². The zero-order chi connectivity index (χ0) is 11.8. The summed E-state index contributed by atoms with van der Waals surface area (Å²) in [5.41, 5.74) is -0.314. The van der Waals surface area contributed by atoms with Gasteiger partial charge in [-0.15, -0.1) is 0 Å². The number of ether oxygens (including phenoxy) is 1. The SMILES string of the molecule is COC(=O)c1cc(CC2(O)CNC2)oc1C. The minimum atomic E-state index is -0.738. The van der Waals surface area contributed by atoms with Crippen molar-refractivity contribution in [2.45, 2.75) is 18.9 Å². The third-order valence-electron chi connectivity index (χ3n) is 2.79. The Labute approximate surface area is 93.4 Å². The summed E-state index contributed by atoms with van der Waals surface area (Å²) in [7, 11) is 1.33. The lowest BCUT2D eigenvalue weighted by atomic mass is 9.92. The molecule has 16 heavy (non-hydrogen) atoms. The summed E-state index contributed by atoms with van der Waals surface area (Å²) in [6.07, 6.45) is 0.415. The van der Waals surface area contributed by atoms with Gasteiger partial charge in [0.2, 0.25) is 0 Å². The zero-order valence-corrected chi connectivity index (χ0v) is 9.37. The molecule has 5 heteroatoms. The Morgan fingerprint density at radius 3 is 2.88 bits per heavy atom. The van der Waals surface area contributed by atoms with Crippen molar-refractivity contribution >= 4 is 5.97 Å². The highest BCUT2D eigenvalue weighted by Crippen LogP contribution is 2.22. The average Bonchev–Trinajstić information content (AvgIpc) is 2.56. The first kappa shape index (κ1) is 11.2. The molecule has 1 aliphatic heterocycles. The summed E-state index contributed by atoms with van der Waals surface area (Å²) in [4.78, 5) is 11.3. The van der Waals surface area contributed by atoms with Gasteiger partial charge < -0.3 is 19.6 Å². The van der Waals surface area contributed by atoms with Crippen molar-refractivity contribution in [3.8, 4) is 0 Å². The van der Waals surface area contributed by atoms with Crippen LogP contribution in [0.15, 0.2) is 10.5 Å². The molecule has 0 aliphatic carbocycles. The van der Waals surface area contributed by atoms with E-state index in [2.05, 4.69) is 10.1 Å². The summed E-state index contributed by atoms with van der Waals surface area (Å²) >= 11 is 0. The van der Waals surface area contributed by atoms with E-state index >= 15 is 0 Å². The number of esters is 1. The Morgan fingerprint density at radius 2 is 2.38 bits per heavy atom. The van der Waals surface area contributed by atoms with E-state index in [1.807, 2.05) is 0 Å². The fourth-order valence-corrected chi connectivity index (χ4v) is 1.81. The van der Waals surface area contributed by atoms with Crippen LogP contribution in [-0.4, -0.2) is 36.9 Å². The molecule has 1 aromatic rings. The number of furan rings is 1. The fraction of sp³-hybridized carbons (Fsp3) is 0.545. The lowest BCUT2D eigenvalue weighted by molar-refractivity contribution is -0.0131. The van der Waals surface area contributed by atoms with Crippen LogP contribution < -0.4 is 5.32 Å². The van der Waals surface area contributed by atoms with E-state index in [9.17, 15) is 9.90 Å². The van der Waals surface area contributed by atoms with Gasteiger partial charge in [-0.3, -0.25) is 0 Å². The van der Waals surface area contributed by atoms with Gasteiger partial charge >= 0.3 is 5.97 Å². The molecular formula is C11H15NO4. The second-order valence-electron chi connectivity index (χ2n) is 4.18. The van der Waals surface area contributed by atoms with Crippen molar-refractivity contribution in [1.29, 1.82) is 0 Å². The van der Waals surface area contributed by atoms with Crippen LogP contribution in [0, 0.1) is 6.92 Å². The van der Waals surface area contributed by atoms with Crippen molar-refractivity contribution in [1.82, 2.24) is 5.32 Å². The van der Waals surface area contributed by atoms with Crippen LogP contribution in [0.5, 0.6) is 0 Å². The Morgan fingerprint density at radius 1 is 1.69 bits per heavy atom. The maximum atomic E-state index is 11.3. The molecule has 0 amide bonds. The van der Waals surface area contributed by atoms with E-state index in [0.717, 1.165) is 0 Å². The van der Waals surface area contributed by atoms with Crippen LogP contribution in [0.2, 0.25) is 0 Å². The van der Waals surface area contributed by atoms with Crippen molar-refractivity contribution in [3.05, 3.63) is 23.2 Å². The number of β-amino-alcohol motifs (C(OH)–C–C–N with tert-alkyl or cyclic N) is 1. The van der Waals surface area contributed by atoms with Gasteiger partial charge in [-0.1, -0.05) is 0 Å². The molecule has 0 bridgehead atoms. The number of hydrogen-bond donors (Lipinski definition) is 2. The van der Waals surface area contributed by atoms with Crippen LogP contribution in [-0.2, 0) is 11.2 Å². The summed E-state index contributed by atoms with van der Waals surface area (Å²) in [5, 5.41) is 12.9. The first-order valence-corrected chi connectivity index (χ1v) is 5.15. The number of aliphatic hydroxyl groups is 1. The maximum absolute atomic E-state index is 11.3. The Bertz CT molecular complexity index is 406. The molecule has 5 nitrogen and oxygen atoms in total. The summed E-state index contributed by atoms with van der Waals surface area (Å²) in [6.45, 7) is 2.82. The van der Waals surface area contributed by atoms with E-state index in [0.29, 0.717) is 36.6 Å². The quantitative estimate of drug-likeness (QED) is 0.721. The van der Waals surface area contributed by atoms with E-state index in [-0.39, 0.29) is 0 Å². The zero-order valence-electron chi connectivity index (χ0n) is 9.37. The summed E-state index contributed by atoms with van der Waals surface area (Å²) in [5.74, 6) is 0.728. The highest BCUT2D eigenvalue weighted by Gasteiger charge is 2.35. The first-order valence-electron chi connectivity index (χ1n) is 5.15. The minimum absolute atomic E-state index is 0.411. The molecule has 2 N–H and O–H groups in total. The number of rotatable bonds is 3. The molecule has 1 saturated heterocycles. The van der Waals surface area contributed by atoms with Crippen molar-refractivity contribution in [2.24, 2.45) is 0 Å². The number of carbonyl (C=O) groups excluding carboxylic acids is 1. The maximum Gasteiger partial charge on any atom is 0.341 e. The Kier molecular flexibility index (Phi) is 2.73. The van der Waals surface area contributed by atoms with Crippen LogP contribution in [0.1, 0.15) is 21.9 Å². The molecule has 2 heterocycles. The number of hydrogen-bond acceptors (Lipinski definition) is 5. The van der Waals surface area contributed by atoms with Crippen molar-refractivity contribution in [2.75, 3.05) is 20.2 Å². The third-order valence-corrected chi connectivity index (χ3v) is 2.79. The topological polar surface area (TPSA) is 71.7 Å². The predicted molar refractivity (Wildman–Crippen MR) is 56.3 cm³/mol. The molecule has 88 valence electrons. The van der Waals surface area contributed by atoms with Gasteiger partial charge in [0.15, 0.2) is 0 Å². The second kappa shape index (κ2) is 3.92. The molecule has 0 aromatic carbocycles. The van der Waals surface area contributed by atoms with E-state index < -0.39 is 11.6 Å². The highest BCUT2D eigenvalue weighted by atomic mass is 16.5. The van der Waals surface area contributed by atoms with E-state index in [1.54, 1.807) is 13.0 Å². The van der Waals surface area contributed by atoms with Gasteiger partial charge in [0.25, 0.3) is 0 Å². The summed E-state index contributed by atoms with van der Waals surface area (Å²) < 4.78 is 10.0. The molecule has 0 radical (unpaired) electrons. The molecule has 1 fully saturated rings. The first-order chi connectivity index (χ1) is 7.54. The number of nitrogens with one attached hydrogen (secondary N) is 1. The van der Waals surface area contributed by atoms with Gasteiger partial charge in [0.1, 0.15) is 17.1 Å². The predicted octanol–water partition coefficient (Wildman–Crippen LogP) is 0.251. The molecule has 1 aromatic heterocycles. The second-order valence-corrected chi connectivity index (χ2v) is 4.18. The molecule has 0 unspecified atom stereocenters. The Balaban J connectivity index is 2.14. The van der Waals surface area contributed by atoms with Crippen molar-refractivity contribution < 1.29 is 19.1 Å². The molecular weight excluding hydrogens is 210 g/mol. The number of aryl methyl sites for hydroxylation is 1. The molecule has 2 rings (SSSR count). The summed E-state index contributed by atoms with van der Waals surface area (Å²) in [6, 6.07) is 1.64. The normalized spacial score (nSPS) is 17.9. The minimum Gasteiger partial charge on any atom is -0.465 e. The monoisotopic (exact) mass is 225 g/mol. The standard InChI is InChI=1S/C11H15NO4/c1-7-9(10(13)15-2)3-8(16-7)4-11(14)5-12-6-11/h3,12,14H,4-6H2,1-2H3. The van der Waals surface area contributed by atoms with Crippen LogP contribution >= 0.6 is 0 Å². The van der Waals surface area contributed by atoms with Gasteiger partial charge in [-0.2, -0.15) is 0 Å². The molecule has 0 saturated carbocycles. The Hall–Kier alpha value is -1.33. The average molecular weight is 225 g/mol. The molecule has 0 spiro atoms. The smallest absolute Gasteiger partial charge is 0.341 e. The van der Waals surface area contributed by atoms with Gasteiger partial charge in [0.05, 0.1) is 12.7 Å². The fourth-order valence-electron chi connectivity index (χ4n) is 1.81. The van der Waals surface area contributed by atoms with Crippen molar-refractivity contribution in [3.63, 3.8) is 0 Å². The van der Waals surface area contributed by atoms with Gasteiger partial charge in [-0.25, -0.2) is 4.79 Å². The largest absolute Gasteiger partial charge is 0.465 e. The van der Waals surface area contributed by atoms with Crippen LogP contribution in [0.3, 0.4) is 0 Å². The highest BCUT2D eigenvalue weighted by molar-refractivity contribution is 5.90. The lowest BCUT2D eigenvalue weighted by Crippen LogP contribution is -2.60. The molecule has 1 aliphatic rings. The number of carbonyl (C=O) groups is 1. The van der Waals surface area contributed by atoms with Gasteiger partial charge in [-0.05, 0) is 13.0 Å². The van der Waals surface area contributed by atoms with Gasteiger partial charge in [0, 0.05) is 19.5 Å². The lowest BCUT2D eigenvalue weighted by Gasteiger charge is -2.36.